The predicted octanol–water partition coefficient (Wildman–Crippen LogP) is 2.33. The van der Waals surface area contributed by atoms with Crippen LogP contribution in [0.5, 0.6) is 0 Å². The molecule has 0 saturated heterocycles. The molecule has 1 aromatic heterocycles. The van der Waals surface area contributed by atoms with Crippen LogP contribution in [0.1, 0.15) is 24.6 Å². The highest BCUT2D eigenvalue weighted by Gasteiger charge is 2.38. The van der Waals surface area contributed by atoms with Crippen LogP contribution in [0.3, 0.4) is 0 Å². The third-order valence-corrected chi connectivity index (χ3v) is 4.24. The van der Waals surface area contributed by atoms with Gasteiger partial charge in [0.1, 0.15) is 5.60 Å². The summed E-state index contributed by atoms with van der Waals surface area (Å²) in [6, 6.07) is 8.38. The lowest BCUT2D eigenvalue weighted by atomic mass is 9.92. The van der Waals surface area contributed by atoms with Crippen molar-refractivity contribution in [3.63, 3.8) is 0 Å². The zero-order chi connectivity index (χ0) is 14.3. The molecule has 1 N–H and O–H groups in total. The molecule has 2 aromatic rings. The van der Waals surface area contributed by atoms with E-state index in [9.17, 15) is 4.79 Å². The van der Waals surface area contributed by atoms with Crippen LogP contribution in [0.4, 0.5) is 0 Å². The van der Waals surface area contributed by atoms with Crippen LogP contribution in [0.25, 0.3) is 10.9 Å². The number of hydrogen-bond acceptors (Lipinski definition) is 2. The first-order valence-electron chi connectivity index (χ1n) is 6.99. The average Bonchev–Trinajstić information content (AvgIpc) is 2.74. The van der Waals surface area contributed by atoms with E-state index in [1.807, 2.05) is 6.92 Å². The molecule has 1 aromatic carbocycles. The molecule has 1 aliphatic heterocycles. The molecule has 4 heteroatoms. The number of amides is 1. The number of aryl methyl sites for hydroxylation is 1. The Balaban J connectivity index is 2.20. The molecule has 0 aliphatic carbocycles. The summed E-state index contributed by atoms with van der Waals surface area (Å²) in [7, 11) is 1.66. The van der Waals surface area contributed by atoms with Crippen molar-refractivity contribution < 1.29 is 9.53 Å². The van der Waals surface area contributed by atoms with E-state index in [0.717, 1.165) is 12.2 Å². The molecule has 106 valence electrons. The third-order valence-electron chi connectivity index (χ3n) is 4.24. The van der Waals surface area contributed by atoms with Crippen molar-refractivity contribution in [1.82, 2.24) is 9.88 Å². The van der Waals surface area contributed by atoms with Crippen molar-refractivity contribution in [2.75, 3.05) is 13.7 Å². The first-order valence-corrected chi connectivity index (χ1v) is 6.99. The summed E-state index contributed by atoms with van der Waals surface area (Å²) in [4.78, 5) is 11.8. The molecular formula is C16H20N2O2. The van der Waals surface area contributed by atoms with E-state index in [0.29, 0.717) is 13.0 Å². The number of para-hydroxylation sites is 1. The highest BCUT2D eigenvalue weighted by atomic mass is 16.5. The van der Waals surface area contributed by atoms with Gasteiger partial charge in [-0.25, -0.2) is 0 Å². The smallest absolute Gasteiger partial charge is 0.223 e. The number of benzene rings is 1. The monoisotopic (exact) mass is 272 g/mol. The molecule has 0 saturated carbocycles. The Morgan fingerprint density at radius 2 is 2.20 bits per heavy atom. The Bertz CT molecular complexity index is 674. The van der Waals surface area contributed by atoms with Crippen molar-refractivity contribution >= 4 is 16.8 Å². The summed E-state index contributed by atoms with van der Waals surface area (Å²) in [5.41, 5.74) is 3.02. The van der Waals surface area contributed by atoms with Crippen LogP contribution in [0, 0.1) is 6.92 Å². The van der Waals surface area contributed by atoms with E-state index in [-0.39, 0.29) is 5.91 Å². The molecule has 3 rings (SSSR count). The average molecular weight is 272 g/mol. The summed E-state index contributed by atoms with van der Waals surface area (Å²) in [6.45, 7) is 5.61. The van der Waals surface area contributed by atoms with Crippen LogP contribution in [-0.4, -0.2) is 24.1 Å². The molecule has 0 spiro atoms. The maximum Gasteiger partial charge on any atom is 0.223 e. The standard InChI is InChI=1S/C16H20N2O2/c1-11-12-6-4-5-7-13(12)18-8-9-20-16(2,15(11)18)10-14(19)17-3/h4-7H,8-10H2,1-3H3,(H,17,19). The summed E-state index contributed by atoms with van der Waals surface area (Å²) in [5, 5.41) is 3.94. The summed E-state index contributed by atoms with van der Waals surface area (Å²) >= 11 is 0. The van der Waals surface area contributed by atoms with Crippen LogP contribution in [0.2, 0.25) is 0 Å². The van der Waals surface area contributed by atoms with Gasteiger partial charge in [0.2, 0.25) is 5.91 Å². The largest absolute Gasteiger partial charge is 0.367 e. The number of fused-ring (bicyclic) bond motifs is 3. The fourth-order valence-electron chi connectivity index (χ4n) is 3.35. The first-order chi connectivity index (χ1) is 9.57. The molecule has 4 nitrogen and oxygen atoms in total. The van der Waals surface area contributed by atoms with Crippen molar-refractivity contribution in [1.29, 1.82) is 0 Å². The molecule has 1 amide bonds. The van der Waals surface area contributed by atoms with Crippen molar-refractivity contribution in [3.8, 4) is 0 Å². The van der Waals surface area contributed by atoms with Crippen molar-refractivity contribution in [2.45, 2.75) is 32.4 Å². The molecular weight excluding hydrogens is 252 g/mol. The quantitative estimate of drug-likeness (QED) is 0.912. The highest BCUT2D eigenvalue weighted by Crippen LogP contribution is 2.39. The van der Waals surface area contributed by atoms with E-state index in [1.54, 1.807) is 7.05 Å². The van der Waals surface area contributed by atoms with Gasteiger partial charge in [-0.3, -0.25) is 4.79 Å². The molecule has 1 atom stereocenters. The minimum Gasteiger partial charge on any atom is -0.367 e. The lowest BCUT2D eigenvalue weighted by molar-refractivity contribution is -0.131. The Kier molecular flexibility index (Phi) is 3.05. The second kappa shape index (κ2) is 4.63. The summed E-state index contributed by atoms with van der Waals surface area (Å²) in [5.74, 6) is 0.00519. The molecule has 20 heavy (non-hydrogen) atoms. The maximum absolute atomic E-state index is 11.8. The highest BCUT2D eigenvalue weighted by molar-refractivity contribution is 5.86. The van der Waals surface area contributed by atoms with Gasteiger partial charge in [0.15, 0.2) is 0 Å². The minimum atomic E-state index is -0.554. The molecule has 2 heterocycles. The Labute approximate surface area is 118 Å². The molecule has 0 radical (unpaired) electrons. The molecule has 0 bridgehead atoms. The predicted molar refractivity (Wildman–Crippen MR) is 78.7 cm³/mol. The van der Waals surface area contributed by atoms with E-state index in [1.165, 1.54) is 16.5 Å². The number of nitrogens with one attached hydrogen (secondary N) is 1. The SMILES string of the molecule is CNC(=O)CC1(C)OCCn2c1c(C)c1ccccc12. The minimum absolute atomic E-state index is 0.00519. The van der Waals surface area contributed by atoms with E-state index in [4.69, 9.17) is 4.74 Å². The normalized spacial score (nSPS) is 21.8. The van der Waals surface area contributed by atoms with Crippen LogP contribution in [-0.2, 0) is 21.7 Å². The first kappa shape index (κ1) is 13.2. The fraction of sp³-hybridized carbons (Fsp3) is 0.438. The van der Waals surface area contributed by atoms with Gasteiger partial charge in [0.05, 0.1) is 18.7 Å². The molecule has 0 fully saturated rings. The number of aromatic nitrogens is 1. The van der Waals surface area contributed by atoms with Gasteiger partial charge in [-0.1, -0.05) is 18.2 Å². The van der Waals surface area contributed by atoms with Gasteiger partial charge in [-0.15, -0.1) is 0 Å². The molecule has 1 unspecified atom stereocenters. The topological polar surface area (TPSA) is 43.3 Å². The number of hydrogen-bond donors (Lipinski definition) is 1. The number of rotatable bonds is 2. The molecule has 1 aliphatic rings. The third kappa shape index (κ3) is 1.83. The lowest BCUT2D eigenvalue weighted by Crippen LogP contribution is -2.40. The van der Waals surface area contributed by atoms with Gasteiger partial charge < -0.3 is 14.6 Å². The zero-order valence-electron chi connectivity index (χ0n) is 12.2. The van der Waals surface area contributed by atoms with Gasteiger partial charge in [-0.2, -0.15) is 0 Å². The number of ether oxygens (including phenoxy) is 1. The summed E-state index contributed by atoms with van der Waals surface area (Å²) in [6.07, 6.45) is 0.348. The van der Waals surface area contributed by atoms with E-state index < -0.39 is 5.60 Å². The van der Waals surface area contributed by atoms with Crippen molar-refractivity contribution in [2.24, 2.45) is 0 Å². The zero-order valence-corrected chi connectivity index (χ0v) is 12.2. The van der Waals surface area contributed by atoms with Gasteiger partial charge in [0, 0.05) is 24.5 Å². The van der Waals surface area contributed by atoms with Gasteiger partial charge >= 0.3 is 0 Å². The number of nitrogens with zero attached hydrogens (tertiary/aromatic N) is 1. The van der Waals surface area contributed by atoms with E-state index >= 15 is 0 Å². The summed E-state index contributed by atoms with van der Waals surface area (Å²) < 4.78 is 8.30. The van der Waals surface area contributed by atoms with E-state index in [2.05, 4.69) is 41.1 Å². The Morgan fingerprint density at radius 1 is 1.45 bits per heavy atom. The Hall–Kier alpha value is -1.81. The van der Waals surface area contributed by atoms with Gasteiger partial charge in [0.25, 0.3) is 0 Å². The second-order valence-electron chi connectivity index (χ2n) is 5.57. The van der Waals surface area contributed by atoms with Crippen molar-refractivity contribution in [3.05, 3.63) is 35.5 Å². The Morgan fingerprint density at radius 3 is 2.95 bits per heavy atom. The lowest BCUT2D eigenvalue weighted by Gasteiger charge is -2.36. The number of carbonyl (C=O) groups is 1. The van der Waals surface area contributed by atoms with Crippen LogP contribution < -0.4 is 5.32 Å². The fourth-order valence-corrected chi connectivity index (χ4v) is 3.35. The number of carbonyl (C=O) groups excluding carboxylic acids is 1. The second-order valence-corrected chi connectivity index (χ2v) is 5.57. The maximum atomic E-state index is 11.8. The van der Waals surface area contributed by atoms with Crippen LogP contribution in [0.15, 0.2) is 24.3 Å². The van der Waals surface area contributed by atoms with Crippen LogP contribution >= 0.6 is 0 Å². The van der Waals surface area contributed by atoms with Gasteiger partial charge in [-0.05, 0) is 25.5 Å².